The van der Waals surface area contributed by atoms with Crippen molar-refractivity contribution in [2.45, 2.75) is 25.3 Å². The molecule has 1 atom stereocenters. The predicted molar refractivity (Wildman–Crippen MR) is 76.6 cm³/mol. The Bertz CT molecular complexity index is 391. The molecule has 1 aliphatic rings. The molecular formula is C13H15Br2NO. The maximum Gasteiger partial charge on any atom is 0.254 e. The third kappa shape index (κ3) is 3.10. The largest absolute Gasteiger partial charge is 0.335 e. The zero-order chi connectivity index (χ0) is 12.3. The van der Waals surface area contributed by atoms with Crippen molar-refractivity contribution in [3.63, 3.8) is 0 Å². The number of piperidine rings is 1. The molecule has 0 saturated carbocycles. The van der Waals surface area contributed by atoms with Crippen molar-refractivity contribution in [2.24, 2.45) is 0 Å². The van der Waals surface area contributed by atoms with Gasteiger partial charge in [-0.1, -0.05) is 31.9 Å². The Kier molecular flexibility index (Phi) is 4.62. The highest BCUT2D eigenvalue weighted by Gasteiger charge is 2.26. The smallest absolute Gasteiger partial charge is 0.254 e. The molecule has 1 heterocycles. The highest BCUT2D eigenvalue weighted by Crippen LogP contribution is 2.21. The summed E-state index contributed by atoms with van der Waals surface area (Å²) in [4.78, 5) is 14.4. The second-order valence-corrected chi connectivity index (χ2v) is 5.87. The summed E-state index contributed by atoms with van der Waals surface area (Å²) < 4.78 is 1.00. The number of benzene rings is 1. The molecule has 2 nitrogen and oxygen atoms in total. The highest BCUT2D eigenvalue weighted by atomic mass is 79.9. The molecule has 1 saturated heterocycles. The number of nitrogens with zero attached hydrogens (tertiary/aromatic N) is 1. The van der Waals surface area contributed by atoms with E-state index in [-0.39, 0.29) is 5.91 Å². The van der Waals surface area contributed by atoms with E-state index < -0.39 is 0 Å². The van der Waals surface area contributed by atoms with E-state index in [1.165, 1.54) is 6.42 Å². The third-order valence-electron chi connectivity index (χ3n) is 3.16. The Morgan fingerprint density at radius 1 is 1.29 bits per heavy atom. The van der Waals surface area contributed by atoms with E-state index in [1.54, 1.807) is 0 Å². The van der Waals surface area contributed by atoms with Crippen molar-refractivity contribution in [1.82, 2.24) is 4.90 Å². The van der Waals surface area contributed by atoms with Crippen LogP contribution >= 0.6 is 31.9 Å². The lowest BCUT2D eigenvalue weighted by Crippen LogP contribution is -2.44. The summed E-state index contributed by atoms with van der Waals surface area (Å²) in [5.74, 6) is 0.154. The number of amides is 1. The first-order chi connectivity index (χ1) is 8.22. The van der Waals surface area contributed by atoms with Crippen molar-refractivity contribution >= 4 is 37.8 Å². The number of hydrogen-bond acceptors (Lipinski definition) is 1. The number of likely N-dealkylation sites (tertiary alicyclic amines) is 1. The maximum absolute atomic E-state index is 12.4. The summed E-state index contributed by atoms with van der Waals surface area (Å²) in [6.45, 7) is 0.880. The van der Waals surface area contributed by atoms with Crippen LogP contribution in [0.15, 0.2) is 28.7 Å². The van der Waals surface area contributed by atoms with Crippen molar-refractivity contribution in [3.05, 3.63) is 34.3 Å². The second-order valence-electron chi connectivity index (χ2n) is 4.31. The van der Waals surface area contributed by atoms with E-state index in [1.807, 2.05) is 29.2 Å². The van der Waals surface area contributed by atoms with Gasteiger partial charge in [0.05, 0.1) is 0 Å². The molecule has 0 aliphatic carbocycles. The molecule has 4 heteroatoms. The average Bonchev–Trinajstić information content (AvgIpc) is 2.39. The highest BCUT2D eigenvalue weighted by molar-refractivity contribution is 9.10. The molecule has 1 aromatic carbocycles. The third-order valence-corrected chi connectivity index (χ3v) is 4.43. The van der Waals surface area contributed by atoms with Gasteiger partial charge in [-0.05, 0) is 43.5 Å². The van der Waals surface area contributed by atoms with Crippen LogP contribution in [0.1, 0.15) is 29.6 Å². The lowest BCUT2D eigenvalue weighted by molar-refractivity contribution is 0.0642. The minimum Gasteiger partial charge on any atom is -0.335 e. The Morgan fingerprint density at radius 2 is 2.00 bits per heavy atom. The van der Waals surface area contributed by atoms with Crippen molar-refractivity contribution in [1.29, 1.82) is 0 Å². The molecule has 1 unspecified atom stereocenters. The first-order valence-electron chi connectivity index (χ1n) is 5.85. The fourth-order valence-electron chi connectivity index (χ4n) is 2.19. The minimum absolute atomic E-state index is 0.154. The van der Waals surface area contributed by atoms with Gasteiger partial charge in [-0.15, -0.1) is 0 Å². The normalized spacial score (nSPS) is 20.4. The summed E-state index contributed by atoms with van der Waals surface area (Å²) >= 11 is 6.89. The fourth-order valence-corrected chi connectivity index (χ4v) is 3.12. The van der Waals surface area contributed by atoms with E-state index >= 15 is 0 Å². The standard InChI is InChI=1S/C13H15Br2NO/c14-9-12-3-1-2-8-16(12)13(17)10-4-6-11(15)7-5-10/h4-7,12H,1-3,8-9H2. The van der Waals surface area contributed by atoms with Gasteiger partial charge in [-0.2, -0.15) is 0 Å². The van der Waals surface area contributed by atoms with Crippen LogP contribution in [-0.2, 0) is 0 Å². The zero-order valence-electron chi connectivity index (χ0n) is 9.53. The summed E-state index contributed by atoms with van der Waals surface area (Å²) in [6.07, 6.45) is 3.44. The van der Waals surface area contributed by atoms with Gasteiger partial charge >= 0.3 is 0 Å². The number of halogens is 2. The van der Waals surface area contributed by atoms with Gasteiger partial charge in [0, 0.05) is 28.0 Å². The van der Waals surface area contributed by atoms with Gasteiger partial charge in [-0.25, -0.2) is 0 Å². The van der Waals surface area contributed by atoms with Crippen LogP contribution in [0.3, 0.4) is 0 Å². The van der Waals surface area contributed by atoms with Gasteiger partial charge < -0.3 is 4.90 Å². The van der Waals surface area contributed by atoms with Gasteiger partial charge in [0.1, 0.15) is 0 Å². The molecular weight excluding hydrogens is 346 g/mol. The molecule has 0 N–H and O–H groups in total. The van der Waals surface area contributed by atoms with Crippen LogP contribution in [-0.4, -0.2) is 28.7 Å². The maximum atomic E-state index is 12.4. The van der Waals surface area contributed by atoms with E-state index in [9.17, 15) is 4.79 Å². The molecule has 1 aromatic rings. The van der Waals surface area contributed by atoms with Crippen molar-refractivity contribution in [2.75, 3.05) is 11.9 Å². The Morgan fingerprint density at radius 3 is 2.65 bits per heavy atom. The van der Waals surface area contributed by atoms with Gasteiger partial charge in [-0.3, -0.25) is 4.79 Å². The first-order valence-corrected chi connectivity index (χ1v) is 7.76. The molecule has 92 valence electrons. The van der Waals surface area contributed by atoms with Crippen molar-refractivity contribution in [3.8, 4) is 0 Å². The number of rotatable bonds is 2. The Hall–Kier alpha value is -0.350. The average molecular weight is 361 g/mol. The molecule has 1 fully saturated rings. The van der Waals surface area contributed by atoms with Crippen LogP contribution in [0.4, 0.5) is 0 Å². The Balaban J connectivity index is 2.15. The van der Waals surface area contributed by atoms with E-state index in [2.05, 4.69) is 31.9 Å². The van der Waals surface area contributed by atoms with Gasteiger partial charge in [0.25, 0.3) is 5.91 Å². The SMILES string of the molecule is O=C(c1ccc(Br)cc1)N1CCCCC1CBr. The molecule has 0 spiro atoms. The monoisotopic (exact) mass is 359 g/mol. The zero-order valence-corrected chi connectivity index (χ0v) is 12.7. The summed E-state index contributed by atoms with van der Waals surface area (Å²) in [6, 6.07) is 7.94. The molecule has 17 heavy (non-hydrogen) atoms. The van der Waals surface area contributed by atoms with E-state index in [0.717, 1.165) is 34.8 Å². The molecule has 0 aromatic heterocycles. The number of carbonyl (C=O) groups excluding carboxylic acids is 1. The molecule has 2 rings (SSSR count). The summed E-state index contributed by atoms with van der Waals surface area (Å²) in [5.41, 5.74) is 0.779. The first kappa shape index (κ1) is 13.1. The van der Waals surface area contributed by atoms with E-state index in [4.69, 9.17) is 0 Å². The quantitative estimate of drug-likeness (QED) is 0.734. The summed E-state index contributed by atoms with van der Waals surface area (Å²) in [7, 11) is 0. The van der Waals surface area contributed by atoms with Crippen LogP contribution in [0.5, 0.6) is 0 Å². The molecule has 0 bridgehead atoms. The van der Waals surface area contributed by atoms with Crippen LogP contribution in [0, 0.1) is 0 Å². The van der Waals surface area contributed by atoms with Crippen LogP contribution in [0.2, 0.25) is 0 Å². The Labute approximate surface area is 119 Å². The lowest BCUT2D eigenvalue weighted by atomic mass is 10.0. The number of hydrogen-bond donors (Lipinski definition) is 0. The topological polar surface area (TPSA) is 20.3 Å². The van der Waals surface area contributed by atoms with Crippen LogP contribution in [0.25, 0.3) is 0 Å². The molecule has 1 aliphatic heterocycles. The number of alkyl halides is 1. The van der Waals surface area contributed by atoms with Gasteiger partial charge in [0.15, 0.2) is 0 Å². The second kappa shape index (κ2) is 6.01. The predicted octanol–water partition coefficient (Wildman–Crippen LogP) is 3.84. The lowest BCUT2D eigenvalue weighted by Gasteiger charge is -2.34. The van der Waals surface area contributed by atoms with E-state index in [0.29, 0.717) is 6.04 Å². The van der Waals surface area contributed by atoms with Crippen molar-refractivity contribution < 1.29 is 4.79 Å². The number of carbonyl (C=O) groups is 1. The fraction of sp³-hybridized carbons (Fsp3) is 0.462. The van der Waals surface area contributed by atoms with Crippen LogP contribution < -0.4 is 0 Å². The molecule has 1 amide bonds. The summed E-state index contributed by atoms with van der Waals surface area (Å²) in [5, 5.41) is 0.870. The minimum atomic E-state index is 0.154. The molecule has 0 radical (unpaired) electrons. The van der Waals surface area contributed by atoms with Gasteiger partial charge in [0.2, 0.25) is 0 Å².